The van der Waals surface area contributed by atoms with E-state index in [1.807, 2.05) is 36.4 Å². The molecule has 4 rings (SSSR count). The van der Waals surface area contributed by atoms with Crippen molar-refractivity contribution in [2.24, 2.45) is 5.10 Å². The maximum absolute atomic E-state index is 12.4. The van der Waals surface area contributed by atoms with E-state index in [1.165, 1.54) is 18.3 Å². The van der Waals surface area contributed by atoms with E-state index < -0.39 is 6.61 Å². The third-order valence-electron chi connectivity index (χ3n) is 4.52. The largest absolute Gasteiger partial charge is 0.435 e. The molecule has 32 heavy (non-hydrogen) atoms. The third kappa shape index (κ3) is 5.04. The van der Waals surface area contributed by atoms with Gasteiger partial charge in [0.2, 0.25) is 0 Å². The van der Waals surface area contributed by atoms with Crippen molar-refractivity contribution < 1.29 is 18.3 Å². The first kappa shape index (κ1) is 20.9. The molecule has 1 amide bonds. The van der Waals surface area contributed by atoms with Crippen LogP contribution in [0, 0.1) is 0 Å². The Morgan fingerprint density at radius 1 is 0.969 bits per heavy atom. The van der Waals surface area contributed by atoms with Gasteiger partial charge in [-0.15, -0.1) is 0 Å². The van der Waals surface area contributed by atoms with Crippen molar-refractivity contribution >= 4 is 12.1 Å². The summed E-state index contributed by atoms with van der Waals surface area (Å²) < 4.78 is 31.0. The van der Waals surface area contributed by atoms with Crippen LogP contribution in [0.25, 0.3) is 16.9 Å². The van der Waals surface area contributed by atoms with Crippen LogP contribution in [-0.4, -0.2) is 28.5 Å². The predicted octanol–water partition coefficient (Wildman–Crippen LogP) is 4.90. The van der Waals surface area contributed by atoms with Gasteiger partial charge in [-0.05, 0) is 48.5 Å². The molecule has 0 saturated carbocycles. The van der Waals surface area contributed by atoms with Crippen LogP contribution in [0.4, 0.5) is 8.78 Å². The summed E-state index contributed by atoms with van der Waals surface area (Å²) in [5.74, 6) is -0.288. The maximum Gasteiger partial charge on any atom is 0.387 e. The number of nitrogens with one attached hydrogen (secondary N) is 1. The molecular formula is C24H18F2N4O2. The second-order valence-corrected chi connectivity index (χ2v) is 6.68. The summed E-state index contributed by atoms with van der Waals surface area (Å²) in [7, 11) is 0. The van der Waals surface area contributed by atoms with Crippen LogP contribution in [0.15, 0.2) is 96.2 Å². The minimum atomic E-state index is -2.89. The number of benzene rings is 3. The van der Waals surface area contributed by atoms with E-state index in [0.717, 1.165) is 5.69 Å². The molecule has 160 valence electrons. The van der Waals surface area contributed by atoms with Gasteiger partial charge < -0.3 is 4.74 Å². The van der Waals surface area contributed by atoms with Gasteiger partial charge in [0.25, 0.3) is 5.91 Å². The van der Waals surface area contributed by atoms with Gasteiger partial charge in [0.1, 0.15) is 11.4 Å². The number of amides is 1. The topological polar surface area (TPSA) is 68.5 Å². The van der Waals surface area contributed by atoms with Crippen molar-refractivity contribution in [1.82, 2.24) is 15.2 Å². The number of aromatic nitrogens is 2. The van der Waals surface area contributed by atoms with Crippen molar-refractivity contribution in [3.8, 4) is 22.7 Å². The highest BCUT2D eigenvalue weighted by Crippen LogP contribution is 2.25. The van der Waals surface area contributed by atoms with E-state index in [1.54, 1.807) is 47.3 Å². The number of carbonyl (C=O) groups excluding carboxylic acids is 1. The van der Waals surface area contributed by atoms with Crippen LogP contribution in [0.1, 0.15) is 15.9 Å². The Kier molecular flexibility index (Phi) is 6.31. The molecule has 0 fully saturated rings. The van der Waals surface area contributed by atoms with E-state index >= 15 is 0 Å². The molecule has 1 aromatic heterocycles. The van der Waals surface area contributed by atoms with Crippen LogP contribution in [0.3, 0.4) is 0 Å². The van der Waals surface area contributed by atoms with Gasteiger partial charge in [-0.25, -0.2) is 10.1 Å². The minimum absolute atomic E-state index is 0.0524. The number of carbonyl (C=O) groups is 1. The summed E-state index contributed by atoms with van der Waals surface area (Å²) in [6.07, 6.45) is 3.26. The molecule has 0 radical (unpaired) electrons. The SMILES string of the molecule is O=C(N/N=C\c1cn(-c2ccccc2)nc1-c1ccc(OC(F)F)cc1)c1ccccc1. The Labute approximate surface area is 182 Å². The Hall–Kier alpha value is -4.33. The molecule has 1 N–H and O–H groups in total. The van der Waals surface area contributed by atoms with Crippen molar-refractivity contribution in [2.45, 2.75) is 6.61 Å². The molecule has 8 heteroatoms. The van der Waals surface area contributed by atoms with Crippen molar-refractivity contribution in [2.75, 3.05) is 0 Å². The van der Waals surface area contributed by atoms with E-state index in [2.05, 4.69) is 20.4 Å². The molecule has 0 unspecified atom stereocenters. The van der Waals surface area contributed by atoms with Crippen LogP contribution in [-0.2, 0) is 0 Å². The Balaban J connectivity index is 1.62. The molecule has 0 aliphatic carbocycles. The fourth-order valence-corrected chi connectivity index (χ4v) is 3.03. The number of hydrogen-bond donors (Lipinski definition) is 1. The zero-order valence-electron chi connectivity index (χ0n) is 16.7. The molecule has 6 nitrogen and oxygen atoms in total. The minimum Gasteiger partial charge on any atom is -0.435 e. The fraction of sp³-hybridized carbons (Fsp3) is 0.0417. The molecular weight excluding hydrogens is 414 g/mol. The zero-order valence-corrected chi connectivity index (χ0v) is 16.7. The lowest BCUT2D eigenvalue weighted by atomic mass is 10.1. The molecule has 4 aromatic rings. The van der Waals surface area contributed by atoms with Gasteiger partial charge in [-0.3, -0.25) is 4.79 Å². The van der Waals surface area contributed by atoms with E-state index in [0.29, 0.717) is 22.4 Å². The Morgan fingerprint density at radius 3 is 2.28 bits per heavy atom. The highest BCUT2D eigenvalue weighted by atomic mass is 19.3. The molecule has 0 saturated heterocycles. The van der Waals surface area contributed by atoms with Gasteiger partial charge in [0.05, 0.1) is 11.9 Å². The summed E-state index contributed by atoms with van der Waals surface area (Å²) in [4.78, 5) is 12.2. The van der Waals surface area contributed by atoms with Crippen molar-refractivity contribution in [3.05, 3.63) is 102 Å². The standard InChI is InChI=1S/C24H18F2N4O2/c25-24(26)32-21-13-11-17(12-14-21)22-19(16-30(29-22)20-9-5-2-6-10-20)15-27-28-23(31)18-7-3-1-4-8-18/h1-16,24H,(H,28,31)/b27-15-. The lowest BCUT2D eigenvalue weighted by Crippen LogP contribution is -2.17. The third-order valence-corrected chi connectivity index (χ3v) is 4.52. The van der Waals surface area contributed by atoms with Gasteiger partial charge in [-0.2, -0.15) is 19.0 Å². The quantitative estimate of drug-likeness (QED) is 0.333. The first-order chi connectivity index (χ1) is 15.6. The number of ether oxygens (including phenoxy) is 1. The predicted molar refractivity (Wildman–Crippen MR) is 117 cm³/mol. The smallest absolute Gasteiger partial charge is 0.387 e. The maximum atomic E-state index is 12.4. The van der Waals surface area contributed by atoms with Crippen LogP contribution in [0.2, 0.25) is 0 Å². The second kappa shape index (κ2) is 9.65. The fourth-order valence-electron chi connectivity index (χ4n) is 3.03. The van der Waals surface area contributed by atoms with Crippen LogP contribution in [0.5, 0.6) is 5.75 Å². The van der Waals surface area contributed by atoms with Crippen molar-refractivity contribution in [3.63, 3.8) is 0 Å². The molecule has 0 bridgehead atoms. The summed E-state index contributed by atoms with van der Waals surface area (Å²) in [5.41, 5.74) is 5.69. The normalized spacial score (nSPS) is 11.1. The molecule has 0 aliphatic rings. The summed E-state index contributed by atoms with van der Waals surface area (Å²) in [5, 5.41) is 8.69. The highest BCUT2D eigenvalue weighted by Gasteiger charge is 2.12. The lowest BCUT2D eigenvalue weighted by molar-refractivity contribution is -0.0498. The first-order valence-electron chi connectivity index (χ1n) is 9.69. The summed E-state index contributed by atoms with van der Waals surface area (Å²) >= 11 is 0. The Morgan fingerprint density at radius 2 is 1.62 bits per heavy atom. The van der Waals surface area contributed by atoms with Gasteiger partial charge in [-0.1, -0.05) is 36.4 Å². The molecule has 0 atom stereocenters. The summed E-state index contributed by atoms with van der Waals surface area (Å²) in [6.45, 7) is -2.89. The Bertz CT molecular complexity index is 1210. The summed E-state index contributed by atoms with van der Waals surface area (Å²) in [6, 6.07) is 24.4. The number of hydrogen-bond acceptors (Lipinski definition) is 4. The number of alkyl halides is 2. The van der Waals surface area contributed by atoms with Crippen molar-refractivity contribution in [1.29, 1.82) is 0 Å². The monoisotopic (exact) mass is 432 g/mol. The molecule has 3 aromatic carbocycles. The zero-order chi connectivity index (χ0) is 22.3. The number of halogens is 2. The number of hydrazone groups is 1. The van der Waals surface area contributed by atoms with E-state index in [9.17, 15) is 13.6 Å². The average Bonchev–Trinajstić information content (AvgIpc) is 3.24. The molecule has 0 aliphatic heterocycles. The first-order valence-corrected chi connectivity index (χ1v) is 9.69. The highest BCUT2D eigenvalue weighted by molar-refractivity contribution is 5.95. The van der Waals surface area contributed by atoms with Gasteiger partial charge in [0, 0.05) is 22.9 Å². The van der Waals surface area contributed by atoms with E-state index in [4.69, 9.17) is 0 Å². The van der Waals surface area contributed by atoms with Gasteiger partial charge in [0.15, 0.2) is 0 Å². The molecule has 0 spiro atoms. The number of rotatable bonds is 7. The average molecular weight is 432 g/mol. The number of para-hydroxylation sites is 1. The van der Waals surface area contributed by atoms with Crippen LogP contribution < -0.4 is 10.2 Å². The van der Waals surface area contributed by atoms with E-state index in [-0.39, 0.29) is 11.7 Å². The number of nitrogens with zero attached hydrogens (tertiary/aromatic N) is 3. The van der Waals surface area contributed by atoms with Gasteiger partial charge >= 0.3 is 6.61 Å². The lowest BCUT2D eigenvalue weighted by Gasteiger charge is -2.05. The van der Waals surface area contributed by atoms with Crippen LogP contribution >= 0.6 is 0 Å². The second-order valence-electron chi connectivity index (χ2n) is 6.68. The molecule has 1 heterocycles.